The number of rotatable bonds is 3. The van der Waals surface area contributed by atoms with Gasteiger partial charge in [0.05, 0.1) is 13.2 Å². The molecule has 0 radical (unpaired) electrons. The molecule has 1 N–H and O–H groups in total. The summed E-state index contributed by atoms with van der Waals surface area (Å²) in [6, 6.07) is 15.0. The third-order valence-electron chi connectivity index (χ3n) is 4.63. The Morgan fingerprint density at radius 3 is 2.81 bits per heavy atom. The highest BCUT2D eigenvalue weighted by Crippen LogP contribution is 2.39. The number of hydrogen-bond acceptors (Lipinski definition) is 4. The maximum atomic E-state index is 12.8. The summed E-state index contributed by atoms with van der Waals surface area (Å²) in [7, 11) is 1.58. The summed E-state index contributed by atoms with van der Waals surface area (Å²) in [4.78, 5) is 12.8. The normalized spacial score (nSPS) is 18.0. The van der Waals surface area contributed by atoms with Crippen LogP contribution < -0.4 is 14.8 Å². The van der Waals surface area contributed by atoms with Crippen molar-refractivity contribution in [2.75, 3.05) is 7.11 Å². The van der Waals surface area contributed by atoms with Gasteiger partial charge in [-0.25, -0.2) is 0 Å². The summed E-state index contributed by atoms with van der Waals surface area (Å²) >= 11 is 0. The molecule has 3 aromatic rings. The van der Waals surface area contributed by atoms with Crippen molar-refractivity contribution in [3.8, 4) is 11.5 Å². The van der Waals surface area contributed by atoms with E-state index in [1.165, 1.54) is 0 Å². The fraction of sp³-hybridized carbons (Fsp3) is 0.286. The molecule has 26 heavy (non-hydrogen) atoms. The number of fused-ring (bicyclic) bond motifs is 2. The Morgan fingerprint density at radius 2 is 2.00 bits per heavy atom. The molecule has 0 unspecified atom stereocenters. The molecule has 1 aromatic heterocycles. The van der Waals surface area contributed by atoms with Crippen LogP contribution in [0.3, 0.4) is 0 Å². The highest BCUT2D eigenvalue weighted by molar-refractivity contribution is 5.97. The van der Waals surface area contributed by atoms with Crippen molar-refractivity contribution in [2.45, 2.75) is 31.9 Å². The van der Waals surface area contributed by atoms with Crippen LogP contribution in [0, 0.1) is 0 Å². The average molecular weight is 351 g/mol. The predicted molar refractivity (Wildman–Crippen MR) is 98.7 cm³/mol. The summed E-state index contributed by atoms with van der Waals surface area (Å²) in [6.07, 6.45) is 0.680. The first-order chi connectivity index (χ1) is 12.5. The van der Waals surface area contributed by atoms with Crippen molar-refractivity contribution in [3.05, 3.63) is 59.9 Å². The van der Waals surface area contributed by atoms with E-state index < -0.39 is 0 Å². The lowest BCUT2D eigenvalue weighted by Gasteiger charge is -2.37. The highest BCUT2D eigenvalue weighted by Gasteiger charge is 2.34. The molecule has 5 heteroatoms. The Bertz CT molecular complexity index is 973. The maximum absolute atomic E-state index is 12.8. The zero-order valence-electron chi connectivity index (χ0n) is 15.0. The third-order valence-corrected chi connectivity index (χ3v) is 4.63. The van der Waals surface area contributed by atoms with Crippen LogP contribution in [0.2, 0.25) is 0 Å². The van der Waals surface area contributed by atoms with E-state index in [9.17, 15) is 4.79 Å². The van der Waals surface area contributed by atoms with Gasteiger partial charge in [-0.3, -0.25) is 4.79 Å². The van der Waals surface area contributed by atoms with Gasteiger partial charge in [0.1, 0.15) is 11.4 Å². The molecule has 0 fully saturated rings. The summed E-state index contributed by atoms with van der Waals surface area (Å²) in [5.41, 5.74) is 1.20. The van der Waals surface area contributed by atoms with Crippen LogP contribution in [0.1, 0.15) is 42.4 Å². The quantitative estimate of drug-likeness (QED) is 0.756. The van der Waals surface area contributed by atoms with E-state index in [1.807, 2.05) is 56.3 Å². The van der Waals surface area contributed by atoms with E-state index in [0.717, 1.165) is 16.7 Å². The summed E-state index contributed by atoms with van der Waals surface area (Å²) in [5.74, 6) is 1.44. The average Bonchev–Trinajstić information content (AvgIpc) is 3.05. The van der Waals surface area contributed by atoms with Crippen LogP contribution in [-0.4, -0.2) is 18.6 Å². The molecule has 134 valence electrons. The number of methoxy groups -OCH3 is 1. The van der Waals surface area contributed by atoms with E-state index in [2.05, 4.69) is 5.32 Å². The minimum atomic E-state index is -0.358. The number of benzene rings is 2. The van der Waals surface area contributed by atoms with Gasteiger partial charge in [0.15, 0.2) is 17.1 Å². The Kier molecular flexibility index (Phi) is 3.87. The fourth-order valence-corrected chi connectivity index (χ4v) is 3.47. The molecule has 1 aliphatic heterocycles. The molecule has 0 bridgehead atoms. The van der Waals surface area contributed by atoms with Crippen LogP contribution in [0.4, 0.5) is 0 Å². The largest absolute Gasteiger partial charge is 0.493 e. The van der Waals surface area contributed by atoms with Gasteiger partial charge in [-0.15, -0.1) is 0 Å². The first-order valence-electron chi connectivity index (χ1n) is 8.62. The lowest BCUT2D eigenvalue weighted by molar-refractivity contribution is 0.0612. The number of furan rings is 1. The van der Waals surface area contributed by atoms with Crippen LogP contribution in [0.25, 0.3) is 11.0 Å². The smallest absolute Gasteiger partial charge is 0.287 e. The molecule has 2 aromatic carbocycles. The van der Waals surface area contributed by atoms with Gasteiger partial charge in [0, 0.05) is 17.4 Å². The Balaban J connectivity index is 1.64. The maximum Gasteiger partial charge on any atom is 0.287 e. The van der Waals surface area contributed by atoms with Gasteiger partial charge in [0.25, 0.3) is 5.91 Å². The van der Waals surface area contributed by atoms with E-state index in [4.69, 9.17) is 13.9 Å². The minimum Gasteiger partial charge on any atom is -0.493 e. The minimum absolute atomic E-state index is 0.141. The molecular weight excluding hydrogens is 330 g/mol. The van der Waals surface area contributed by atoms with Gasteiger partial charge in [-0.05, 0) is 32.0 Å². The number of ether oxygens (including phenoxy) is 2. The first kappa shape index (κ1) is 16.5. The molecule has 1 aliphatic rings. The highest BCUT2D eigenvalue weighted by atomic mass is 16.5. The number of hydrogen-bond donors (Lipinski definition) is 1. The second-order valence-corrected chi connectivity index (χ2v) is 7.12. The number of para-hydroxylation sites is 2. The Morgan fingerprint density at radius 1 is 1.19 bits per heavy atom. The zero-order valence-corrected chi connectivity index (χ0v) is 15.0. The van der Waals surface area contributed by atoms with Crippen LogP contribution in [-0.2, 0) is 0 Å². The van der Waals surface area contributed by atoms with E-state index >= 15 is 0 Å². The van der Waals surface area contributed by atoms with Crippen molar-refractivity contribution in [2.24, 2.45) is 0 Å². The van der Waals surface area contributed by atoms with Crippen LogP contribution in [0.5, 0.6) is 11.5 Å². The number of carbonyl (C=O) groups is 1. The third kappa shape index (κ3) is 2.90. The van der Waals surface area contributed by atoms with Crippen molar-refractivity contribution < 1.29 is 18.7 Å². The molecule has 5 nitrogen and oxygen atoms in total. The van der Waals surface area contributed by atoms with E-state index in [0.29, 0.717) is 17.8 Å². The molecule has 1 amide bonds. The van der Waals surface area contributed by atoms with Crippen molar-refractivity contribution >= 4 is 16.9 Å². The molecule has 2 heterocycles. The van der Waals surface area contributed by atoms with Crippen molar-refractivity contribution in [3.63, 3.8) is 0 Å². The fourth-order valence-electron chi connectivity index (χ4n) is 3.47. The SMILES string of the molecule is COc1cccc2cc(C(=O)N[C@H]3CC(C)(C)Oc4ccccc43)oc12. The zero-order chi connectivity index (χ0) is 18.3. The van der Waals surface area contributed by atoms with Crippen LogP contribution in [0.15, 0.2) is 52.9 Å². The van der Waals surface area contributed by atoms with Gasteiger partial charge in [-0.1, -0.05) is 30.3 Å². The molecule has 4 rings (SSSR count). The van der Waals surface area contributed by atoms with Gasteiger partial charge < -0.3 is 19.2 Å². The van der Waals surface area contributed by atoms with Crippen LogP contribution >= 0.6 is 0 Å². The van der Waals surface area contributed by atoms with Gasteiger partial charge in [-0.2, -0.15) is 0 Å². The number of nitrogens with one attached hydrogen (secondary N) is 1. The lowest BCUT2D eigenvalue weighted by Crippen LogP contribution is -2.41. The second kappa shape index (κ2) is 6.09. The Hall–Kier alpha value is -2.95. The topological polar surface area (TPSA) is 60.7 Å². The van der Waals surface area contributed by atoms with E-state index in [-0.39, 0.29) is 23.3 Å². The first-order valence-corrected chi connectivity index (χ1v) is 8.62. The molecule has 0 saturated carbocycles. The van der Waals surface area contributed by atoms with Gasteiger partial charge in [0.2, 0.25) is 0 Å². The lowest BCUT2D eigenvalue weighted by atomic mass is 9.89. The van der Waals surface area contributed by atoms with E-state index in [1.54, 1.807) is 13.2 Å². The molecule has 1 atom stereocenters. The second-order valence-electron chi connectivity index (χ2n) is 7.12. The number of amides is 1. The summed E-state index contributed by atoms with van der Waals surface area (Å²) in [6.45, 7) is 4.04. The van der Waals surface area contributed by atoms with Crippen molar-refractivity contribution in [1.82, 2.24) is 5.32 Å². The standard InChI is InChI=1S/C21H21NO4/c1-21(2)12-15(14-8-4-5-9-16(14)26-21)22-20(23)18-11-13-7-6-10-17(24-3)19(13)25-18/h4-11,15H,12H2,1-3H3,(H,22,23)/t15-/m0/s1. The Labute approximate surface area is 151 Å². The summed E-state index contributed by atoms with van der Waals surface area (Å²) in [5, 5.41) is 3.93. The number of carbonyl (C=O) groups excluding carboxylic acids is 1. The van der Waals surface area contributed by atoms with Crippen molar-refractivity contribution in [1.29, 1.82) is 0 Å². The molecule has 0 spiro atoms. The molecule has 0 aliphatic carbocycles. The molecular formula is C21H21NO4. The van der Waals surface area contributed by atoms with Gasteiger partial charge >= 0.3 is 0 Å². The predicted octanol–water partition coefficient (Wildman–Crippen LogP) is 4.47. The monoisotopic (exact) mass is 351 g/mol. The molecule has 0 saturated heterocycles. The summed E-state index contributed by atoms with van der Waals surface area (Å²) < 4.78 is 17.1.